The van der Waals surface area contributed by atoms with Crippen molar-refractivity contribution in [3.63, 3.8) is 0 Å². The summed E-state index contributed by atoms with van der Waals surface area (Å²) in [6.07, 6.45) is 9.30. The quantitative estimate of drug-likeness (QED) is 0.475. The Labute approximate surface area is 187 Å². The third-order valence-corrected chi connectivity index (χ3v) is 6.48. The first-order chi connectivity index (χ1) is 15.6. The molecule has 5 rings (SSSR count). The number of nitrogens with one attached hydrogen (secondary N) is 1. The van der Waals surface area contributed by atoms with Gasteiger partial charge in [0.25, 0.3) is 0 Å². The molecule has 1 aromatic carbocycles. The summed E-state index contributed by atoms with van der Waals surface area (Å²) in [7, 11) is 2.10. The van der Waals surface area contributed by atoms with Crippen LogP contribution in [0.2, 0.25) is 0 Å². The minimum atomic E-state index is 0.267. The second-order valence-electron chi connectivity index (χ2n) is 8.73. The molecule has 1 saturated carbocycles. The van der Waals surface area contributed by atoms with E-state index in [0.717, 1.165) is 64.1 Å². The number of nitrogens with zero attached hydrogens (tertiary/aromatic N) is 6. The molecule has 3 heterocycles. The number of anilines is 1. The van der Waals surface area contributed by atoms with Gasteiger partial charge in [-0.25, -0.2) is 0 Å². The second kappa shape index (κ2) is 8.63. The molecule has 3 aromatic heterocycles. The minimum Gasteiger partial charge on any atom is -0.355 e. The van der Waals surface area contributed by atoms with Gasteiger partial charge in [-0.1, -0.05) is 18.9 Å². The lowest BCUT2D eigenvalue weighted by Gasteiger charge is -2.29. The van der Waals surface area contributed by atoms with Gasteiger partial charge < -0.3 is 10.6 Å². The SMILES string of the molecule is Cc1cc(-c2ccc(-c3ccc(N(C)C4CCCCC(N)C4)nn3)c3[nH]ncc23)cnn1. The molecule has 0 spiro atoms. The predicted octanol–water partition coefficient (Wildman–Crippen LogP) is 3.88. The first-order valence-electron chi connectivity index (χ1n) is 11.2. The third kappa shape index (κ3) is 3.93. The molecule has 1 aliphatic rings. The average Bonchev–Trinajstić information content (AvgIpc) is 3.20. The molecular weight excluding hydrogens is 400 g/mol. The summed E-state index contributed by atoms with van der Waals surface area (Å²) in [5, 5.41) is 25.7. The summed E-state index contributed by atoms with van der Waals surface area (Å²) >= 11 is 0. The Balaban J connectivity index is 1.45. The van der Waals surface area contributed by atoms with Crippen LogP contribution in [0.1, 0.15) is 37.8 Å². The molecule has 1 aliphatic carbocycles. The van der Waals surface area contributed by atoms with Crippen molar-refractivity contribution in [2.45, 2.75) is 51.1 Å². The number of hydrogen-bond donors (Lipinski definition) is 2. The third-order valence-electron chi connectivity index (χ3n) is 6.48. The summed E-state index contributed by atoms with van der Waals surface area (Å²) in [6.45, 7) is 1.94. The summed E-state index contributed by atoms with van der Waals surface area (Å²) < 4.78 is 0. The molecule has 0 radical (unpaired) electrons. The predicted molar refractivity (Wildman–Crippen MR) is 126 cm³/mol. The van der Waals surface area contributed by atoms with Gasteiger partial charge in [0.15, 0.2) is 5.82 Å². The van der Waals surface area contributed by atoms with Gasteiger partial charge >= 0.3 is 0 Å². The van der Waals surface area contributed by atoms with Gasteiger partial charge in [0, 0.05) is 35.6 Å². The number of hydrogen-bond acceptors (Lipinski definition) is 7. The van der Waals surface area contributed by atoms with E-state index in [4.69, 9.17) is 5.73 Å². The normalized spacial score (nSPS) is 19.1. The van der Waals surface area contributed by atoms with Crippen molar-refractivity contribution in [3.8, 4) is 22.4 Å². The standard InChI is InChI=1S/C24H28N8/c1-15-11-16(13-26-28-15)19-7-8-20(24-21(19)14-27-31-24)22-9-10-23(30-29-22)32(2)18-6-4-3-5-17(25)12-18/h7-11,13-14,17-18H,3-6,12,25H2,1-2H3,(H,27,31). The van der Waals surface area contributed by atoms with E-state index < -0.39 is 0 Å². The Morgan fingerprint density at radius 3 is 2.66 bits per heavy atom. The Morgan fingerprint density at radius 1 is 1.00 bits per heavy atom. The summed E-state index contributed by atoms with van der Waals surface area (Å²) in [4.78, 5) is 2.23. The minimum absolute atomic E-state index is 0.267. The second-order valence-corrected chi connectivity index (χ2v) is 8.73. The Bertz CT molecular complexity index is 1220. The van der Waals surface area contributed by atoms with Gasteiger partial charge in [-0.3, -0.25) is 5.10 Å². The first kappa shape index (κ1) is 20.5. The van der Waals surface area contributed by atoms with Crippen molar-refractivity contribution < 1.29 is 0 Å². The fraction of sp³-hybridized carbons (Fsp3) is 0.375. The van der Waals surface area contributed by atoms with E-state index in [1.807, 2.05) is 31.3 Å². The number of H-pyrrole nitrogens is 1. The van der Waals surface area contributed by atoms with Crippen molar-refractivity contribution in [1.82, 2.24) is 30.6 Å². The number of aryl methyl sites for hydroxylation is 1. The van der Waals surface area contributed by atoms with E-state index in [1.54, 1.807) is 6.20 Å². The van der Waals surface area contributed by atoms with E-state index in [2.05, 4.69) is 54.7 Å². The van der Waals surface area contributed by atoms with Crippen LogP contribution >= 0.6 is 0 Å². The number of benzene rings is 1. The van der Waals surface area contributed by atoms with Crippen LogP contribution in [0.4, 0.5) is 5.82 Å². The van der Waals surface area contributed by atoms with E-state index in [-0.39, 0.29) is 6.04 Å². The van der Waals surface area contributed by atoms with Crippen LogP contribution in [-0.4, -0.2) is 49.7 Å². The van der Waals surface area contributed by atoms with Crippen LogP contribution < -0.4 is 10.6 Å². The number of fused-ring (bicyclic) bond motifs is 1. The highest BCUT2D eigenvalue weighted by Crippen LogP contribution is 2.34. The topological polar surface area (TPSA) is 110 Å². The summed E-state index contributed by atoms with van der Waals surface area (Å²) in [5.41, 5.74) is 11.9. The molecule has 164 valence electrons. The van der Waals surface area contributed by atoms with Gasteiger partial charge in [-0.15, -0.1) is 10.2 Å². The number of rotatable bonds is 4. The summed E-state index contributed by atoms with van der Waals surface area (Å²) in [6, 6.07) is 10.9. The molecule has 2 unspecified atom stereocenters. The van der Waals surface area contributed by atoms with Crippen LogP contribution in [0.5, 0.6) is 0 Å². The lowest BCUT2D eigenvalue weighted by Crippen LogP contribution is -2.36. The molecule has 8 nitrogen and oxygen atoms in total. The molecule has 0 amide bonds. The molecule has 0 bridgehead atoms. The fourth-order valence-corrected chi connectivity index (χ4v) is 4.69. The molecule has 0 saturated heterocycles. The zero-order valence-electron chi connectivity index (χ0n) is 18.5. The first-order valence-corrected chi connectivity index (χ1v) is 11.2. The Morgan fingerprint density at radius 2 is 1.84 bits per heavy atom. The largest absolute Gasteiger partial charge is 0.355 e. The Hall–Kier alpha value is -3.39. The molecule has 0 aliphatic heterocycles. The van der Waals surface area contributed by atoms with Crippen molar-refractivity contribution in [2.75, 3.05) is 11.9 Å². The highest BCUT2D eigenvalue weighted by Gasteiger charge is 2.22. The molecule has 1 fully saturated rings. The van der Waals surface area contributed by atoms with Crippen LogP contribution in [0.3, 0.4) is 0 Å². The zero-order valence-corrected chi connectivity index (χ0v) is 18.5. The Kier molecular flexibility index (Phi) is 5.53. The van der Waals surface area contributed by atoms with Crippen molar-refractivity contribution in [3.05, 3.63) is 48.4 Å². The molecule has 32 heavy (non-hydrogen) atoms. The molecule has 8 heteroatoms. The van der Waals surface area contributed by atoms with E-state index in [1.165, 1.54) is 12.8 Å². The maximum absolute atomic E-state index is 6.27. The maximum atomic E-state index is 6.27. The van der Waals surface area contributed by atoms with Gasteiger partial charge in [0.2, 0.25) is 0 Å². The lowest BCUT2D eigenvalue weighted by molar-refractivity contribution is 0.508. The van der Waals surface area contributed by atoms with Gasteiger partial charge in [-0.05, 0) is 56.0 Å². The number of aromatic amines is 1. The van der Waals surface area contributed by atoms with E-state index >= 15 is 0 Å². The monoisotopic (exact) mass is 428 g/mol. The molecule has 4 aromatic rings. The highest BCUT2D eigenvalue weighted by atomic mass is 15.3. The van der Waals surface area contributed by atoms with Gasteiger partial charge in [0.1, 0.15) is 0 Å². The number of nitrogens with two attached hydrogens (primary N) is 1. The van der Waals surface area contributed by atoms with E-state index in [9.17, 15) is 0 Å². The van der Waals surface area contributed by atoms with Crippen LogP contribution in [-0.2, 0) is 0 Å². The number of aromatic nitrogens is 6. The van der Waals surface area contributed by atoms with Crippen molar-refractivity contribution >= 4 is 16.7 Å². The van der Waals surface area contributed by atoms with Crippen LogP contribution in [0, 0.1) is 6.92 Å². The summed E-state index contributed by atoms with van der Waals surface area (Å²) in [5.74, 6) is 0.878. The van der Waals surface area contributed by atoms with Crippen molar-refractivity contribution in [2.24, 2.45) is 5.73 Å². The lowest BCUT2D eigenvalue weighted by atomic mass is 9.99. The fourth-order valence-electron chi connectivity index (χ4n) is 4.69. The molecular formula is C24H28N8. The van der Waals surface area contributed by atoms with Gasteiger partial charge in [0.05, 0.1) is 29.3 Å². The van der Waals surface area contributed by atoms with Crippen LogP contribution in [0.25, 0.3) is 33.3 Å². The molecule has 2 atom stereocenters. The zero-order chi connectivity index (χ0) is 22.1. The average molecular weight is 429 g/mol. The van der Waals surface area contributed by atoms with E-state index in [0.29, 0.717) is 6.04 Å². The highest BCUT2D eigenvalue weighted by molar-refractivity contribution is 6.01. The maximum Gasteiger partial charge on any atom is 0.151 e. The van der Waals surface area contributed by atoms with Crippen LogP contribution in [0.15, 0.2) is 42.7 Å². The van der Waals surface area contributed by atoms with Gasteiger partial charge in [-0.2, -0.15) is 15.3 Å². The smallest absolute Gasteiger partial charge is 0.151 e. The van der Waals surface area contributed by atoms with Crippen molar-refractivity contribution in [1.29, 1.82) is 0 Å². The molecule has 3 N–H and O–H groups in total.